The molecule has 0 atom stereocenters. The highest BCUT2D eigenvalue weighted by molar-refractivity contribution is 7.20. The lowest BCUT2D eigenvalue weighted by Crippen LogP contribution is -2.12. The Morgan fingerprint density at radius 2 is 2.11 bits per heavy atom. The predicted molar refractivity (Wildman–Crippen MR) is 82.8 cm³/mol. The van der Waals surface area contributed by atoms with E-state index in [-0.39, 0.29) is 0 Å². The first-order chi connectivity index (χ1) is 8.63. The molecule has 1 aromatic heterocycles. The van der Waals surface area contributed by atoms with E-state index in [1.165, 1.54) is 20.5 Å². The Labute approximate surface area is 118 Å². The summed E-state index contributed by atoms with van der Waals surface area (Å²) in [4.78, 5) is 1.44. The van der Waals surface area contributed by atoms with E-state index in [1.807, 2.05) is 17.4 Å². The van der Waals surface area contributed by atoms with Crippen LogP contribution in [0.2, 0.25) is 5.02 Å². The SMILES string of the molecule is CCNCc1sc2c(Cl)cccc2c1CC(C)C. The molecule has 0 spiro atoms. The summed E-state index contributed by atoms with van der Waals surface area (Å²) in [5.74, 6) is 0.669. The van der Waals surface area contributed by atoms with Crippen molar-refractivity contribution in [2.24, 2.45) is 5.92 Å². The first kappa shape index (κ1) is 13.9. The van der Waals surface area contributed by atoms with Crippen LogP contribution in [0, 0.1) is 5.92 Å². The average molecular weight is 282 g/mol. The lowest BCUT2D eigenvalue weighted by atomic mass is 10.00. The normalized spacial score (nSPS) is 11.6. The van der Waals surface area contributed by atoms with E-state index in [2.05, 4.69) is 38.2 Å². The molecule has 18 heavy (non-hydrogen) atoms. The Morgan fingerprint density at radius 3 is 2.78 bits per heavy atom. The third-order valence-corrected chi connectivity index (χ3v) is 4.71. The summed E-state index contributed by atoms with van der Waals surface area (Å²) >= 11 is 8.14. The minimum Gasteiger partial charge on any atom is -0.312 e. The van der Waals surface area contributed by atoms with Crippen LogP contribution in [0.25, 0.3) is 10.1 Å². The molecular weight excluding hydrogens is 262 g/mol. The van der Waals surface area contributed by atoms with Crippen molar-refractivity contribution >= 4 is 33.0 Å². The molecule has 2 rings (SSSR count). The van der Waals surface area contributed by atoms with E-state index in [0.29, 0.717) is 5.92 Å². The molecule has 1 heterocycles. The zero-order chi connectivity index (χ0) is 13.1. The second kappa shape index (κ2) is 6.05. The van der Waals surface area contributed by atoms with Gasteiger partial charge in [-0.25, -0.2) is 0 Å². The minimum absolute atomic E-state index is 0.669. The van der Waals surface area contributed by atoms with Gasteiger partial charge in [0.2, 0.25) is 0 Å². The third kappa shape index (κ3) is 2.87. The molecule has 0 aliphatic carbocycles. The maximum absolute atomic E-state index is 6.30. The van der Waals surface area contributed by atoms with Gasteiger partial charge >= 0.3 is 0 Å². The van der Waals surface area contributed by atoms with Gasteiger partial charge in [-0.1, -0.05) is 44.5 Å². The molecule has 0 bridgehead atoms. The molecule has 0 radical (unpaired) electrons. The summed E-state index contributed by atoms with van der Waals surface area (Å²) in [6, 6.07) is 6.24. The number of nitrogens with one attached hydrogen (secondary N) is 1. The van der Waals surface area contributed by atoms with E-state index in [4.69, 9.17) is 11.6 Å². The summed E-state index contributed by atoms with van der Waals surface area (Å²) in [6.07, 6.45) is 1.13. The molecule has 0 aliphatic heterocycles. The van der Waals surface area contributed by atoms with Crippen LogP contribution in [0.4, 0.5) is 0 Å². The second-order valence-electron chi connectivity index (χ2n) is 5.00. The van der Waals surface area contributed by atoms with Crippen molar-refractivity contribution in [3.63, 3.8) is 0 Å². The summed E-state index contributed by atoms with van der Waals surface area (Å²) in [5.41, 5.74) is 1.48. The quantitative estimate of drug-likeness (QED) is 0.825. The van der Waals surface area contributed by atoms with Crippen LogP contribution in [-0.2, 0) is 13.0 Å². The van der Waals surface area contributed by atoms with Crippen LogP contribution in [0.5, 0.6) is 0 Å². The Hall–Kier alpha value is -0.570. The van der Waals surface area contributed by atoms with Crippen molar-refractivity contribution in [1.29, 1.82) is 0 Å². The highest BCUT2D eigenvalue weighted by Crippen LogP contribution is 2.37. The van der Waals surface area contributed by atoms with Crippen LogP contribution in [-0.4, -0.2) is 6.54 Å². The molecule has 98 valence electrons. The van der Waals surface area contributed by atoms with Crippen molar-refractivity contribution in [2.75, 3.05) is 6.54 Å². The van der Waals surface area contributed by atoms with Gasteiger partial charge in [0.05, 0.1) is 9.72 Å². The molecular formula is C15H20ClNS. The van der Waals surface area contributed by atoms with Gasteiger partial charge in [-0.3, -0.25) is 0 Å². The Balaban J connectivity index is 2.49. The van der Waals surface area contributed by atoms with Crippen LogP contribution in [0.1, 0.15) is 31.2 Å². The topological polar surface area (TPSA) is 12.0 Å². The largest absolute Gasteiger partial charge is 0.312 e. The first-order valence-electron chi connectivity index (χ1n) is 6.53. The predicted octanol–water partition coefficient (Wildman–Crippen LogP) is 4.86. The van der Waals surface area contributed by atoms with Crippen LogP contribution >= 0.6 is 22.9 Å². The van der Waals surface area contributed by atoms with Crippen LogP contribution < -0.4 is 5.32 Å². The molecule has 0 unspecified atom stereocenters. The average Bonchev–Trinajstić information content (AvgIpc) is 2.66. The van der Waals surface area contributed by atoms with Crippen molar-refractivity contribution in [2.45, 2.75) is 33.7 Å². The van der Waals surface area contributed by atoms with Gasteiger partial charge in [-0.05, 0) is 35.9 Å². The van der Waals surface area contributed by atoms with Crippen molar-refractivity contribution in [1.82, 2.24) is 5.32 Å². The van der Waals surface area contributed by atoms with Gasteiger partial charge in [-0.2, -0.15) is 0 Å². The highest BCUT2D eigenvalue weighted by atomic mass is 35.5. The Kier molecular flexibility index (Phi) is 4.66. The molecule has 1 N–H and O–H groups in total. The van der Waals surface area contributed by atoms with E-state index in [9.17, 15) is 0 Å². The maximum Gasteiger partial charge on any atom is 0.0584 e. The van der Waals surface area contributed by atoms with Gasteiger partial charge < -0.3 is 5.32 Å². The molecule has 3 heteroatoms. The highest BCUT2D eigenvalue weighted by Gasteiger charge is 2.14. The van der Waals surface area contributed by atoms with Gasteiger partial charge in [0.15, 0.2) is 0 Å². The number of fused-ring (bicyclic) bond motifs is 1. The van der Waals surface area contributed by atoms with Gasteiger partial charge in [0.25, 0.3) is 0 Å². The van der Waals surface area contributed by atoms with Gasteiger partial charge in [0.1, 0.15) is 0 Å². The Morgan fingerprint density at radius 1 is 1.33 bits per heavy atom. The smallest absolute Gasteiger partial charge is 0.0584 e. The zero-order valence-electron chi connectivity index (χ0n) is 11.2. The lowest BCUT2D eigenvalue weighted by Gasteiger charge is -2.08. The summed E-state index contributed by atoms with van der Waals surface area (Å²) in [5, 5.41) is 5.65. The van der Waals surface area contributed by atoms with E-state index < -0.39 is 0 Å². The molecule has 0 fully saturated rings. The standard InChI is InChI=1S/C15H20ClNS/c1-4-17-9-14-12(8-10(2)3)11-6-5-7-13(16)15(11)18-14/h5-7,10,17H,4,8-9H2,1-3H3. The third-order valence-electron chi connectivity index (χ3n) is 3.00. The summed E-state index contributed by atoms with van der Waals surface area (Å²) in [7, 11) is 0. The van der Waals surface area contributed by atoms with E-state index in [0.717, 1.165) is 24.5 Å². The molecule has 2 aromatic rings. The fourth-order valence-corrected chi connectivity index (χ4v) is 3.69. The van der Waals surface area contributed by atoms with E-state index in [1.54, 1.807) is 0 Å². The summed E-state index contributed by atoms with van der Waals surface area (Å²) in [6.45, 7) is 8.63. The number of rotatable bonds is 5. The molecule has 1 nitrogen and oxygen atoms in total. The number of hydrogen-bond acceptors (Lipinski definition) is 2. The van der Waals surface area contributed by atoms with Crippen molar-refractivity contribution in [3.8, 4) is 0 Å². The number of benzene rings is 1. The number of thiophene rings is 1. The van der Waals surface area contributed by atoms with Crippen LogP contribution in [0.3, 0.4) is 0 Å². The molecule has 0 saturated heterocycles. The van der Waals surface area contributed by atoms with Gasteiger partial charge in [0, 0.05) is 11.4 Å². The fourth-order valence-electron chi connectivity index (χ4n) is 2.20. The molecule has 0 amide bonds. The number of hydrogen-bond donors (Lipinski definition) is 1. The number of halogens is 1. The fraction of sp³-hybridized carbons (Fsp3) is 0.467. The molecule has 0 aliphatic rings. The monoisotopic (exact) mass is 281 g/mol. The maximum atomic E-state index is 6.30. The lowest BCUT2D eigenvalue weighted by molar-refractivity contribution is 0.641. The van der Waals surface area contributed by atoms with Gasteiger partial charge in [-0.15, -0.1) is 11.3 Å². The van der Waals surface area contributed by atoms with Crippen molar-refractivity contribution in [3.05, 3.63) is 33.7 Å². The van der Waals surface area contributed by atoms with E-state index >= 15 is 0 Å². The summed E-state index contributed by atoms with van der Waals surface area (Å²) < 4.78 is 1.24. The minimum atomic E-state index is 0.669. The second-order valence-corrected chi connectivity index (χ2v) is 6.51. The first-order valence-corrected chi connectivity index (χ1v) is 7.72. The Bertz CT molecular complexity index is 531. The van der Waals surface area contributed by atoms with Crippen molar-refractivity contribution < 1.29 is 0 Å². The molecule has 1 aromatic carbocycles. The molecule has 0 saturated carbocycles. The van der Waals surface area contributed by atoms with Crippen LogP contribution in [0.15, 0.2) is 18.2 Å². The zero-order valence-corrected chi connectivity index (χ0v) is 12.8.